The van der Waals surface area contributed by atoms with Crippen molar-refractivity contribution in [2.45, 2.75) is 32.9 Å². The number of aryl methyl sites for hydroxylation is 2. The predicted octanol–water partition coefficient (Wildman–Crippen LogP) is 4.68. The molecule has 6 nitrogen and oxygen atoms in total. The number of nitrogens with zero attached hydrogens (tertiary/aromatic N) is 4. The Labute approximate surface area is 182 Å². The molecule has 1 amide bonds. The molecule has 3 aromatic rings. The van der Waals surface area contributed by atoms with Gasteiger partial charge in [-0.25, -0.2) is 0 Å². The van der Waals surface area contributed by atoms with E-state index >= 15 is 0 Å². The molecular formula is C23H29N5OS. The van der Waals surface area contributed by atoms with Gasteiger partial charge in [-0.05, 0) is 63.1 Å². The molecule has 0 bridgehead atoms. The molecule has 0 aliphatic carbocycles. The monoisotopic (exact) mass is 423 g/mol. The van der Waals surface area contributed by atoms with Gasteiger partial charge in [-0.2, -0.15) is 0 Å². The Kier molecular flexibility index (Phi) is 7.15. The molecule has 30 heavy (non-hydrogen) atoms. The molecule has 158 valence electrons. The summed E-state index contributed by atoms with van der Waals surface area (Å²) in [6, 6.07) is 14.3. The van der Waals surface area contributed by atoms with Gasteiger partial charge in [0.25, 0.3) is 0 Å². The lowest BCUT2D eigenvalue weighted by Gasteiger charge is -2.21. The molecule has 0 atom stereocenters. The van der Waals surface area contributed by atoms with Gasteiger partial charge in [0, 0.05) is 37.1 Å². The number of carbonyl (C=O) groups is 1. The number of rotatable bonds is 8. The molecule has 0 fully saturated rings. The number of anilines is 2. The first kappa shape index (κ1) is 21.9. The summed E-state index contributed by atoms with van der Waals surface area (Å²) in [5, 5.41) is 12.3. The molecule has 7 heteroatoms. The molecule has 0 aliphatic heterocycles. The van der Waals surface area contributed by atoms with Crippen molar-refractivity contribution in [3.63, 3.8) is 0 Å². The van der Waals surface area contributed by atoms with Crippen LogP contribution in [0.3, 0.4) is 0 Å². The highest BCUT2D eigenvalue weighted by molar-refractivity contribution is 7.99. The minimum absolute atomic E-state index is 0.0504. The van der Waals surface area contributed by atoms with Crippen LogP contribution in [-0.4, -0.2) is 39.5 Å². The average molecular weight is 424 g/mol. The quantitative estimate of drug-likeness (QED) is 0.533. The van der Waals surface area contributed by atoms with Crippen molar-refractivity contribution < 1.29 is 4.79 Å². The van der Waals surface area contributed by atoms with Gasteiger partial charge in [-0.3, -0.25) is 4.79 Å². The minimum Gasteiger partial charge on any atom is -0.372 e. The fourth-order valence-electron chi connectivity index (χ4n) is 3.42. The third-order valence-electron chi connectivity index (χ3n) is 5.17. The van der Waals surface area contributed by atoms with Crippen molar-refractivity contribution in [2.24, 2.45) is 7.05 Å². The van der Waals surface area contributed by atoms with Crippen LogP contribution >= 0.6 is 11.8 Å². The van der Waals surface area contributed by atoms with Gasteiger partial charge in [0.1, 0.15) is 0 Å². The molecule has 0 aliphatic rings. The number of carbonyl (C=O) groups excluding carboxylic acids is 1. The summed E-state index contributed by atoms with van der Waals surface area (Å²) in [6.45, 7) is 10.3. The summed E-state index contributed by atoms with van der Waals surface area (Å²) in [5.41, 5.74) is 5.20. The second-order valence-electron chi connectivity index (χ2n) is 7.19. The van der Waals surface area contributed by atoms with E-state index in [1.165, 1.54) is 17.4 Å². The Hall–Kier alpha value is -2.80. The molecule has 1 heterocycles. The van der Waals surface area contributed by atoms with E-state index in [2.05, 4.69) is 58.5 Å². The summed E-state index contributed by atoms with van der Waals surface area (Å²) >= 11 is 1.39. The zero-order chi connectivity index (χ0) is 21.7. The molecule has 0 unspecified atom stereocenters. The number of aromatic nitrogens is 3. The number of nitrogens with one attached hydrogen (secondary N) is 1. The number of hydrogen-bond donors (Lipinski definition) is 1. The van der Waals surface area contributed by atoms with Crippen molar-refractivity contribution in [3.8, 4) is 11.4 Å². The molecule has 0 saturated carbocycles. The average Bonchev–Trinajstić information content (AvgIpc) is 3.11. The molecular weight excluding hydrogens is 394 g/mol. The summed E-state index contributed by atoms with van der Waals surface area (Å²) in [6.07, 6.45) is 0. The molecule has 0 saturated heterocycles. The summed E-state index contributed by atoms with van der Waals surface area (Å²) in [7, 11) is 1.93. The Balaban J connectivity index is 1.66. The molecule has 0 radical (unpaired) electrons. The normalized spacial score (nSPS) is 10.8. The largest absolute Gasteiger partial charge is 0.372 e. The predicted molar refractivity (Wildman–Crippen MR) is 125 cm³/mol. The van der Waals surface area contributed by atoms with E-state index in [9.17, 15) is 4.79 Å². The van der Waals surface area contributed by atoms with Crippen molar-refractivity contribution >= 4 is 29.0 Å². The van der Waals surface area contributed by atoms with Crippen LogP contribution in [0.4, 0.5) is 11.4 Å². The van der Waals surface area contributed by atoms with Gasteiger partial charge in [-0.1, -0.05) is 30.0 Å². The van der Waals surface area contributed by atoms with Crippen LogP contribution in [0.1, 0.15) is 25.0 Å². The SMILES string of the molecule is CCN(CC)c1ccc(-c2nnc(SCC(=O)Nc3c(C)cccc3C)n2C)cc1. The van der Waals surface area contributed by atoms with Crippen LogP contribution in [0.25, 0.3) is 11.4 Å². The standard InChI is InChI=1S/C23H29N5OS/c1-6-28(7-2)19-13-11-18(12-14-19)22-25-26-23(27(22)5)30-15-20(29)24-21-16(3)9-8-10-17(21)4/h8-14H,6-7,15H2,1-5H3,(H,24,29). The van der Waals surface area contributed by atoms with Crippen LogP contribution in [0, 0.1) is 13.8 Å². The van der Waals surface area contributed by atoms with E-state index in [4.69, 9.17) is 0 Å². The van der Waals surface area contributed by atoms with E-state index in [-0.39, 0.29) is 11.7 Å². The van der Waals surface area contributed by atoms with E-state index in [0.29, 0.717) is 0 Å². The number of benzene rings is 2. The fourth-order valence-corrected chi connectivity index (χ4v) is 4.13. The Morgan fingerprint density at radius 2 is 1.67 bits per heavy atom. The third-order valence-corrected chi connectivity index (χ3v) is 6.19. The lowest BCUT2D eigenvalue weighted by atomic mass is 10.1. The van der Waals surface area contributed by atoms with Crippen molar-refractivity contribution in [1.29, 1.82) is 0 Å². The minimum atomic E-state index is -0.0504. The highest BCUT2D eigenvalue weighted by Gasteiger charge is 2.14. The van der Waals surface area contributed by atoms with Crippen molar-refractivity contribution in [3.05, 3.63) is 53.6 Å². The van der Waals surface area contributed by atoms with E-state index in [1.807, 2.05) is 43.7 Å². The third kappa shape index (κ3) is 4.84. The lowest BCUT2D eigenvalue weighted by molar-refractivity contribution is -0.113. The molecule has 3 rings (SSSR count). The van der Waals surface area contributed by atoms with Crippen LogP contribution in [0.5, 0.6) is 0 Å². The first-order chi connectivity index (χ1) is 14.4. The smallest absolute Gasteiger partial charge is 0.234 e. The molecule has 0 spiro atoms. The van der Waals surface area contributed by atoms with Crippen LogP contribution in [0.15, 0.2) is 47.6 Å². The number of amides is 1. The second-order valence-corrected chi connectivity index (χ2v) is 8.13. The Bertz CT molecular complexity index is 989. The van der Waals surface area contributed by atoms with Crippen LogP contribution in [0.2, 0.25) is 0 Å². The van der Waals surface area contributed by atoms with Gasteiger partial charge in [-0.15, -0.1) is 10.2 Å². The van der Waals surface area contributed by atoms with Crippen molar-refractivity contribution in [2.75, 3.05) is 29.1 Å². The fraction of sp³-hybridized carbons (Fsp3) is 0.348. The number of hydrogen-bond acceptors (Lipinski definition) is 5. The van der Waals surface area contributed by atoms with E-state index in [0.717, 1.165) is 46.4 Å². The molecule has 2 aromatic carbocycles. The van der Waals surface area contributed by atoms with Gasteiger partial charge in [0.05, 0.1) is 5.75 Å². The maximum absolute atomic E-state index is 12.4. The first-order valence-corrected chi connectivity index (χ1v) is 11.2. The zero-order valence-corrected chi connectivity index (χ0v) is 19.1. The maximum Gasteiger partial charge on any atom is 0.234 e. The molecule has 1 N–H and O–H groups in total. The van der Waals surface area contributed by atoms with Gasteiger partial charge in [0.15, 0.2) is 11.0 Å². The number of thioether (sulfide) groups is 1. The van der Waals surface area contributed by atoms with Crippen molar-refractivity contribution in [1.82, 2.24) is 14.8 Å². The maximum atomic E-state index is 12.4. The highest BCUT2D eigenvalue weighted by atomic mass is 32.2. The zero-order valence-electron chi connectivity index (χ0n) is 18.3. The summed E-state index contributed by atoms with van der Waals surface area (Å²) < 4.78 is 1.93. The highest BCUT2D eigenvalue weighted by Crippen LogP contribution is 2.25. The number of para-hydroxylation sites is 1. The lowest BCUT2D eigenvalue weighted by Crippen LogP contribution is -2.21. The Morgan fingerprint density at radius 1 is 1.03 bits per heavy atom. The topological polar surface area (TPSA) is 63.1 Å². The van der Waals surface area contributed by atoms with Crippen LogP contribution < -0.4 is 10.2 Å². The van der Waals surface area contributed by atoms with E-state index < -0.39 is 0 Å². The first-order valence-electron chi connectivity index (χ1n) is 10.2. The second kappa shape index (κ2) is 9.80. The summed E-state index contributed by atoms with van der Waals surface area (Å²) in [4.78, 5) is 14.7. The summed E-state index contributed by atoms with van der Waals surface area (Å²) in [5.74, 6) is 1.02. The van der Waals surface area contributed by atoms with E-state index in [1.54, 1.807) is 0 Å². The Morgan fingerprint density at radius 3 is 2.27 bits per heavy atom. The van der Waals surface area contributed by atoms with Crippen LogP contribution in [-0.2, 0) is 11.8 Å². The van der Waals surface area contributed by atoms with Gasteiger partial charge in [0.2, 0.25) is 5.91 Å². The molecule has 1 aromatic heterocycles. The van der Waals surface area contributed by atoms with Gasteiger partial charge < -0.3 is 14.8 Å². The van der Waals surface area contributed by atoms with Gasteiger partial charge >= 0.3 is 0 Å².